The van der Waals surface area contributed by atoms with Crippen molar-refractivity contribution in [3.8, 4) is 0 Å². The van der Waals surface area contributed by atoms with Gasteiger partial charge in [0.15, 0.2) is 0 Å². The number of aliphatic hydroxyl groups is 1. The molecule has 5 heteroatoms. The van der Waals surface area contributed by atoms with E-state index in [1.165, 1.54) is 12.1 Å². The van der Waals surface area contributed by atoms with Crippen molar-refractivity contribution in [2.24, 2.45) is 5.92 Å². The van der Waals surface area contributed by atoms with Crippen molar-refractivity contribution in [1.29, 1.82) is 0 Å². The van der Waals surface area contributed by atoms with Crippen molar-refractivity contribution >= 4 is 5.97 Å². The summed E-state index contributed by atoms with van der Waals surface area (Å²) in [6, 6.07) is 13.2. The summed E-state index contributed by atoms with van der Waals surface area (Å²) in [5, 5.41) is 19.8. The average molecular weight is 357 g/mol. The molecule has 1 unspecified atom stereocenters. The van der Waals surface area contributed by atoms with Gasteiger partial charge in [-0.1, -0.05) is 30.3 Å². The fourth-order valence-corrected chi connectivity index (χ4v) is 3.65. The number of benzene rings is 2. The van der Waals surface area contributed by atoms with Crippen LogP contribution < -0.4 is 0 Å². The van der Waals surface area contributed by atoms with Gasteiger partial charge < -0.3 is 15.1 Å². The minimum Gasteiger partial charge on any atom is -0.478 e. The van der Waals surface area contributed by atoms with Gasteiger partial charge >= 0.3 is 5.97 Å². The van der Waals surface area contributed by atoms with E-state index in [1.54, 1.807) is 24.3 Å². The van der Waals surface area contributed by atoms with E-state index in [4.69, 9.17) is 0 Å². The van der Waals surface area contributed by atoms with E-state index in [-0.39, 0.29) is 11.7 Å². The molecule has 2 aromatic carbocycles. The lowest BCUT2D eigenvalue weighted by Crippen LogP contribution is -2.37. The minimum atomic E-state index is -0.887. The molecular weight excluding hydrogens is 333 g/mol. The molecule has 4 nitrogen and oxygen atoms in total. The quantitative estimate of drug-likeness (QED) is 0.831. The Bertz CT molecular complexity index is 739. The summed E-state index contributed by atoms with van der Waals surface area (Å²) >= 11 is 0. The van der Waals surface area contributed by atoms with E-state index in [0.717, 1.165) is 43.6 Å². The Labute approximate surface area is 152 Å². The lowest BCUT2D eigenvalue weighted by Gasteiger charge is -2.34. The zero-order chi connectivity index (χ0) is 18.5. The van der Waals surface area contributed by atoms with Crippen molar-refractivity contribution < 1.29 is 19.4 Å². The molecular formula is C21H24FNO3. The Balaban J connectivity index is 1.51. The summed E-state index contributed by atoms with van der Waals surface area (Å²) in [6.45, 7) is 2.56. The molecule has 0 aliphatic carbocycles. The van der Waals surface area contributed by atoms with Crippen LogP contribution in [0.1, 0.15) is 40.4 Å². The maximum Gasteiger partial charge on any atom is 0.335 e. The molecule has 2 N–H and O–H groups in total. The zero-order valence-corrected chi connectivity index (χ0v) is 14.6. The van der Waals surface area contributed by atoms with Crippen molar-refractivity contribution in [1.82, 2.24) is 4.90 Å². The van der Waals surface area contributed by atoms with E-state index in [9.17, 15) is 19.4 Å². The van der Waals surface area contributed by atoms with Gasteiger partial charge in [-0.3, -0.25) is 0 Å². The van der Waals surface area contributed by atoms with Crippen LogP contribution in [0.5, 0.6) is 0 Å². The van der Waals surface area contributed by atoms with Crippen LogP contribution in [-0.4, -0.2) is 40.7 Å². The van der Waals surface area contributed by atoms with Gasteiger partial charge in [0.25, 0.3) is 0 Å². The molecule has 1 saturated heterocycles. The molecule has 0 amide bonds. The molecule has 0 saturated carbocycles. The maximum atomic E-state index is 13.0. The number of likely N-dealkylation sites (tertiary alicyclic amines) is 1. The summed E-state index contributed by atoms with van der Waals surface area (Å²) in [5.74, 6) is -1.01. The lowest BCUT2D eigenvalue weighted by molar-refractivity contribution is 0.0590. The smallest absolute Gasteiger partial charge is 0.335 e. The van der Waals surface area contributed by atoms with Crippen molar-refractivity contribution in [2.45, 2.75) is 25.4 Å². The Kier molecular flexibility index (Phi) is 6.01. The van der Waals surface area contributed by atoms with E-state index < -0.39 is 12.1 Å². The highest BCUT2D eigenvalue weighted by Gasteiger charge is 2.26. The second kappa shape index (κ2) is 8.43. The Morgan fingerprint density at radius 1 is 1.12 bits per heavy atom. The van der Waals surface area contributed by atoms with E-state index >= 15 is 0 Å². The van der Waals surface area contributed by atoms with Gasteiger partial charge in [-0.2, -0.15) is 0 Å². The molecule has 0 aromatic heterocycles. The number of carbonyl (C=O) groups is 1. The monoisotopic (exact) mass is 357 g/mol. The van der Waals surface area contributed by atoms with E-state index in [2.05, 4.69) is 4.90 Å². The fourth-order valence-electron chi connectivity index (χ4n) is 3.65. The minimum absolute atomic E-state index is 0.169. The molecule has 1 atom stereocenters. The van der Waals surface area contributed by atoms with E-state index in [0.29, 0.717) is 12.0 Å². The normalized spacial score (nSPS) is 17.2. The van der Waals surface area contributed by atoms with Gasteiger partial charge in [0.05, 0.1) is 11.7 Å². The van der Waals surface area contributed by atoms with Gasteiger partial charge in [0.1, 0.15) is 5.82 Å². The molecule has 0 radical (unpaired) electrons. The highest BCUT2D eigenvalue weighted by atomic mass is 19.1. The van der Waals surface area contributed by atoms with Gasteiger partial charge in [0.2, 0.25) is 0 Å². The first-order chi connectivity index (χ1) is 12.5. The predicted octanol–water partition coefficient (Wildman–Crippen LogP) is 3.51. The van der Waals surface area contributed by atoms with Crippen molar-refractivity contribution in [3.05, 3.63) is 71.0 Å². The molecule has 0 spiro atoms. The standard InChI is InChI=1S/C21H24FNO3/c22-18-7-5-16(6-8-18)20(24)17-10-13-23(14-11-17)12-9-15-3-1-2-4-19(15)21(25)26/h1-8,17,20,24H,9-14H2,(H,25,26). The number of hydrogen-bond donors (Lipinski definition) is 2. The summed E-state index contributed by atoms with van der Waals surface area (Å²) in [7, 11) is 0. The van der Waals surface area contributed by atoms with Crippen LogP contribution in [0.3, 0.4) is 0 Å². The number of rotatable bonds is 6. The number of aromatic carboxylic acids is 1. The molecule has 1 heterocycles. The number of halogens is 1. The van der Waals surface area contributed by atoms with Crippen LogP contribution in [-0.2, 0) is 6.42 Å². The molecule has 2 aromatic rings. The largest absolute Gasteiger partial charge is 0.478 e. The van der Waals surface area contributed by atoms with E-state index in [1.807, 2.05) is 12.1 Å². The molecule has 1 fully saturated rings. The van der Waals surface area contributed by atoms with Gasteiger partial charge in [0, 0.05) is 6.54 Å². The number of hydrogen-bond acceptors (Lipinski definition) is 3. The Hall–Kier alpha value is -2.24. The highest BCUT2D eigenvalue weighted by molar-refractivity contribution is 5.89. The number of carboxylic acids is 1. The van der Waals surface area contributed by atoms with Crippen LogP contribution in [0.15, 0.2) is 48.5 Å². The van der Waals surface area contributed by atoms with Crippen molar-refractivity contribution in [3.63, 3.8) is 0 Å². The molecule has 3 rings (SSSR count). The lowest BCUT2D eigenvalue weighted by atomic mass is 9.87. The maximum absolute atomic E-state index is 13.0. The number of carboxylic acid groups (broad SMARTS) is 1. The van der Waals surface area contributed by atoms with Crippen LogP contribution in [0.4, 0.5) is 4.39 Å². The molecule has 138 valence electrons. The predicted molar refractivity (Wildman–Crippen MR) is 97.6 cm³/mol. The second-order valence-electron chi connectivity index (χ2n) is 6.89. The van der Waals surface area contributed by atoms with Gasteiger partial charge in [-0.15, -0.1) is 0 Å². The van der Waals surface area contributed by atoms with Crippen LogP contribution in [0.25, 0.3) is 0 Å². The molecule has 26 heavy (non-hydrogen) atoms. The second-order valence-corrected chi connectivity index (χ2v) is 6.89. The summed E-state index contributed by atoms with van der Waals surface area (Å²) in [6.07, 6.45) is 1.89. The Morgan fingerprint density at radius 2 is 1.77 bits per heavy atom. The average Bonchev–Trinajstić information content (AvgIpc) is 2.67. The highest BCUT2D eigenvalue weighted by Crippen LogP contribution is 2.30. The summed E-state index contributed by atoms with van der Waals surface area (Å²) < 4.78 is 13.0. The summed E-state index contributed by atoms with van der Waals surface area (Å²) in [4.78, 5) is 13.6. The van der Waals surface area contributed by atoms with Crippen molar-refractivity contribution in [2.75, 3.05) is 19.6 Å². The third kappa shape index (κ3) is 4.48. The molecule has 0 bridgehead atoms. The molecule has 1 aliphatic rings. The van der Waals surface area contributed by atoms with Crippen LogP contribution in [0.2, 0.25) is 0 Å². The SMILES string of the molecule is O=C(O)c1ccccc1CCN1CCC(C(O)c2ccc(F)cc2)CC1. The molecule has 1 aliphatic heterocycles. The van der Waals surface area contributed by atoms with Crippen LogP contribution in [0, 0.1) is 11.7 Å². The number of aliphatic hydroxyl groups excluding tert-OH is 1. The number of piperidine rings is 1. The van der Waals surface area contributed by atoms with Crippen LogP contribution >= 0.6 is 0 Å². The summed E-state index contributed by atoms with van der Waals surface area (Å²) in [5.41, 5.74) is 1.99. The first-order valence-electron chi connectivity index (χ1n) is 9.01. The first kappa shape index (κ1) is 18.5. The fraction of sp³-hybridized carbons (Fsp3) is 0.381. The third-order valence-electron chi connectivity index (χ3n) is 5.24. The third-order valence-corrected chi connectivity index (χ3v) is 5.24. The zero-order valence-electron chi connectivity index (χ0n) is 14.6. The first-order valence-corrected chi connectivity index (χ1v) is 9.01. The number of nitrogens with zero attached hydrogens (tertiary/aromatic N) is 1. The topological polar surface area (TPSA) is 60.8 Å². The van der Waals surface area contributed by atoms with Gasteiger partial charge in [-0.25, -0.2) is 9.18 Å². The van der Waals surface area contributed by atoms with Gasteiger partial charge in [-0.05, 0) is 67.6 Å². The Morgan fingerprint density at radius 3 is 2.42 bits per heavy atom.